The van der Waals surface area contributed by atoms with Crippen molar-refractivity contribution in [2.45, 2.75) is 20.1 Å². The van der Waals surface area contributed by atoms with Crippen LogP contribution in [0.3, 0.4) is 0 Å². The van der Waals surface area contributed by atoms with Crippen LogP contribution in [0.4, 0.5) is 0 Å². The molecule has 1 aromatic heterocycles. The first kappa shape index (κ1) is 11.0. The molecular formula is C14H14N2O2. The monoisotopic (exact) mass is 242 g/mol. The van der Waals surface area contributed by atoms with Gasteiger partial charge in [-0.05, 0) is 25.5 Å². The maximum Gasteiger partial charge on any atom is 0.254 e. The molecule has 2 heterocycles. The number of rotatable bonds is 1. The summed E-state index contributed by atoms with van der Waals surface area (Å²) in [5, 5.41) is 13.2. The molecule has 0 bridgehead atoms. The van der Waals surface area contributed by atoms with Crippen LogP contribution in [0.5, 0.6) is 0 Å². The van der Waals surface area contributed by atoms with Crippen molar-refractivity contribution < 1.29 is 9.90 Å². The molecule has 0 saturated carbocycles. The molecule has 0 aliphatic carbocycles. The summed E-state index contributed by atoms with van der Waals surface area (Å²) >= 11 is 0. The summed E-state index contributed by atoms with van der Waals surface area (Å²) < 4.78 is 0. The zero-order valence-corrected chi connectivity index (χ0v) is 10.2. The van der Waals surface area contributed by atoms with Crippen LogP contribution in [0.1, 0.15) is 18.2 Å². The van der Waals surface area contributed by atoms with E-state index in [1.54, 1.807) is 6.92 Å². The minimum Gasteiger partial charge on any atom is -0.370 e. The summed E-state index contributed by atoms with van der Waals surface area (Å²) in [6.07, 6.45) is -0.874. The smallest absolute Gasteiger partial charge is 0.254 e. The zero-order valence-electron chi connectivity index (χ0n) is 10.2. The molecule has 0 saturated heterocycles. The number of carbonyl (C=O) groups is 1. The van der Waals surface area contributed by atoms with Gasteiger partial charge in [-0.3, -0.25) is 4.79 Å². The number of hydrogen-bond donors (Lipinski definition) is 3. The minimum atomic E-state index is -0.874. The van der Waals surface area contributed by atoms with Crippen molar-refractivity contribution in [2.75, 3.05) is 0 Å². The molecule has 0 spiro atoms. The van der Waals surface area contributed by atoms with E-state index in [0.29, 0.717) is 11.1 Å². The average molecular weight is 242 g/mol. The number of nitrogens with one attached hydrogen (secondary N) is 2. The number of aliphatic hydroxyl groups is 1. The standard InChI is InChI=1S/C14H14N2O2/c1-7-11(14(18)16-13(7)17)12-8(2)15-10-6-4-3-5-9(10)12/h3-6,13,15,17H,1-2H3,(H,16,18). The highest BCUT2D eigenvalue weighted by Gasteiger charge is 2.30. The minimum absolute atomic E-state index is 0.215. The number of fused-ring (bicyclic) bond motifs is 1. The van der Waals surface area contributed by atoms with Gasteiger partial charge in [-0.25, -0.2) is 0 Å². The van der Waals surface area contributed by atoms with Crippen LogP contribution in [0.25, 0.3) is 16.5 Å². The molecule has 18 heavy (non-hydrogen) atoms. The number of hydrogen-bond acceptors (Lipinski definition) is 2. The number of aryl methyl sites for hydroxylation is 1. The van der Waals surface area contributed by atoms with Crippen LogP contribution in [0.15, 0.2) is 29.8 Å². The fourth-order valence-corrected chi connectivity index (χ4v) is 2.53. The Hall–Kier alpha value is -2.07. The first-order valence-electron chi connectivity index (χ1n) is 5.87. The molecule has 1 amide bonds. The first-order chi connectivity index (χ1) is 8.59. The van der Waals surface area contributed by atoms with Gasteiger partial charge in [0.1, 0.15) is 6.23 Å². The molecule has 4 nitrogen and oxygen atoms in total. The van der Waals surface area contributed by atoms with E-state index in [1.807, 2.05) is 31.2 Å². The third kappa shape index (κ3) is 1.39. The van der Waals surface area contributed by atoms with Gasteiger partial charge in [0.05, 0.1) is 5.57 Å². The lowest BCUT2D eigenvalue weighted by Crippen LogP contribution is -2.27. The molecule has 92 valence electrons. The van der Waals surface area contributed by atoms with Crippen LogP contribution >= 0.6 is 0 Å². The largest absolute Gasteiger partial charge is 0.370 e. The van der Waals surface area contributed by atoms with Crippen molar-refractivity contribution in [3.63, 3.8) is 0 Å². The van der Waals surface area contributed by atoms with Crippen molar-refractivity contribution in [3.8, 4) is 0 Å². The number of aromatic nitrogens is 1. The van der Waals surface area contributed by atoms with Crippen molar-refractivity contribution >= 4 is 22.4 Å². The quantitative estimate of drug-likeness (QED) is 0.712. The fourth-order valence-electron chi connectivity index (χ4n) is 2.53. The van der Waals surface area contributed by atoms with Crippen molar-refractivity contribution in [2.24, 2.45) is 0 Å². The van der Waals surface area contributed by atoms with Gasteiger partial charge in [0.15, 0.2) is 0 Å². The number of carbonyl (C=O) groups excluding carboxylic acids is 1. The lowest BCUT2D eigenvalue weighted by Gasteiger charge is -2.02. The third-order valence-corrected chi connectivity index (χ3v) is 3.44. The fraction of sp³-hybridized carbons (Fsp3) is 0.214. The van der Waals surface area contributed by atoms with E-state index in [0.717, 1.165) is 22.2 Å². The van der Waals surface area contributed by atoms with E-state index >= 15 is 0 Å². The van der Waals surface area contributed by atoms with Crippen LogP contribution < -0.4 is 5.32 Å². The number of para-hydroxylation sites is 1. The molecule has 1 aliphatic rings. The summed E-state index contributed by atoms with van der Waals surface area (Å²) in [6.45, 7) is 3.71. The lowest BCUT2D eigenvalue weighted by molar-refractivity contribution is -0.116. The molecule has 4 heteroatoms. The van der Waals surface area contributed by atoms with E-state index in [4.69, 9.17) is 0 Å². The van der Waals surface area contributed by atoms with Gasteiger partial charge in [0, 0.05) is 22.2 Å². The van der Waals surface area contributed by atoms with E-state index in [1.165, 1.54) is 0 Å². The van der Waals surface area contributed by atoms with Crippen LogP contribution in [0.2, 0.25) is 0 Å². The Morgan fingerprint density at radius 2 is 1.94 bits per heavy atom. The van der Waals surface area contributed by atoms with E-state index < -0.39 is 6.23 Å². The number of aromatic amines is 1. The Labute approximate surface area is 104 Å². The summed E-state index contributed by atoms with van der Waals surface area (Å²) in [5.74, 6) is -0.215. The normalized spacial score (nSPS) is 19.7. The highest BCUT2D eigenvalue weighted by molar-refractivity contribution is 6.26. The Morgan fingerprint density at radius 1 is 1.22 bits per heavy atom. The number of H-pyrrole nitrogens is 1. The van der Waals surface area contributed by atoms with E-state index in [-0.39, 0.29) is 5.91 Å². The second kappa shape index (κ2) is 3.71. The van der Waals surface area contributed by atoms with Gasteiger partial charge in [-0.1, -0.05) is 18.2 Å². The average Bonchev–Trinajstić information content (AvgIpc) is 2.77. The number of benzene rings is 1. The van der Waals surface area contributed by atoms with E-state index in [9.17, 15) is 9.90 Å². The Bertz CT molecular complexity index is 682. The van der Waals surface area contributed by atoms with Gasteiger partial charge in [0.25, 0.3) is 5.91 Å². The van der Waals surface area contributed by atoms with Gasteiger partial charge in [-0.15, -0.1) is 0 Å². The summed E-state index contributed by atoms with van der Waals surface area (Å²) in [6, 6.07) is 7.85. The third-order valence-electron chi connectivity index (χ3n) is 3.44. The van der Waals surface area contributed by atoms with Gasteiger partial charge in [0.2, 0.25) is 0 Å². The van der Waals surface area contributed by atoms with Crippen molar-refractivity contribution in [1.29, 1.82) is 0 Å². The van der Waals surface area contributed by atoms with E-state index in [2.05, 4.69) is 10.3 Å². The van der Waals surface area contributed by atoms with Gasteiger partial charge >= 0.3 is 0 Å². The van der Waals surface area contributed by atoms with Crippen molar-refractivity contribution in [3.05, 3.63) is 41.1 Å². The Morgan fingerprint density at radius 3 is 2.61 bits per heavy atom. The topological polar surface area (TPSA) is 65.1 Å². The molecule has 3 N–H and O–H groups in total. The second-order valence-corrected chi connectivity index (χ2v) is 4.60. The van der Waals surface area contributed by atoms with Crippen LogP contribution in [0, 0.1) is 6.92 Å². The maximum absolute atomic E-state index is 11.9. The number of amides is 1. The van der Waals surface area contributed by atoms with Crippen molar-refractivity contribution in [1.82, 2.24) is 10.3 Å². The van der Waals surface area contributed by atoms with Crippen LogP contribution in [-0.2, 0) is 4.79 Å². The molecule has 0 fully saturated rings. The molecule has 3 rings (SSSR count). The Kier molecular flexibility index (Phi) is 2.28. The van der Waals surface area contributed by atoms with Gasteiger partial charge < -0.3 is 15.4 Å². The maximum atomic E-state index is 11.9. The molecule has 1 atom stereocenters. The first-order valence-corrected chi connectivity index (χ1v) is 5.87. The Balaban J connectivity index is 2.33. The zero-order chi connectivity index (χ0) is 12.9. The predicted molar refractivity (Wildman–Crippen MR) is 69.8 cm³/mol. The highest BCUT2D eigenvalue weighted by atomic mass is 16.3. The molecule has 2 aromatic rings. The lowest BCUT2D eigenvalue weighted by atomic mass is 9.99. The molecular weight excluding hydrogens is 228 g/mol. The molecule has 0 radical (unpaired) electrons. The van der Waals surface area contributed by atoms with Crippen LogP contribution in [-0.4, -0.2) is 22.2 Å². The molecule has 1 unspecified atom stereocenters. The summed E-state index contributed by atoms with van der Waals surface area (Å²) in [5.41, 5.74) is 4.08. The predicted octanol–water partition coefficient (Wildman–Crippen LogP) is 1.70. The summed E-state index contributed by atoms with van der Waals surface area (Å²) in [7, 11) is 0. The number of aliphatic hydroxyl groups excluding tert-OH is 1. The van der Waals surface area contributed by atoms with Gasteiger partial charge in [-0.2, -0.15) is 0 Å². The SMILES string of the molecule is CC1=C(c2c(C)[nH]c3ccccc23)C(=O)NC1O. The second-order valence-electron chi connectivity index (χ2n) is 4.60. The summed E-state index contributed by atoms with van der Waals surface area (Å²) in [4.78, 5) is 15.2. The highest BCUT2D eigenvalue weighted by Crippen LogP contribution is 2.33. The molecule has 1 aliphatic heterocycles. The molecule has 1 aromatic carbocycles.